The summed E-state index contributed by atoms with van der Waals surface area (Å²) in [5.41, 5.74) is 3.33. The van der Waals surface area contributed by atoms with Gasteiger partial charge in [-0.15, -0.1) is 0 Å². The van der Waals surface area contributed by atoms with E-state index in [2.05, 4.69) is 0 Å². The zero-order valence-corrected chi connectivity index (χ0v) is 11.2. The number of hydrogen-bond donors (Lipinski definition) is 0. The molecule has 0 fully saturated rings. The van der Waals surface area contributed by atoms with Crippen molar-refractivity contribution in [3.05, 3.63) is 57.4 Å². The fraction of sp³-hybridized carbons (Fsp3) is 0.286. The van der Waals surface area contributed by atoms with Crippen LogP contribution in [-0.2, 0) is 9.47 Å². The maximum atomic E-state index is 6.09. The molecule has 0 amide bonds. The van der Waals surface area contributed by atoms with Gasteiger partial charge in [-0.3, -0.25) is 0 Å². The number of hydrogen-bond acceptors (Lipinski definition) is 2. The Balaban J connectivity index is 2.12. The zero-order chi connectivity index (χ0) is 12.5. The van der Waals surface area contributed by atoms with Gasteiger partial charge in [-0.1, -0.05) is 23.2 Å². The quantitative estimate of drug-likeness (QED) is 0.665. The molecule has 0 aromatic rings. The van der Waals surface area contributed by atoms with Gasteiger partial charge in [0.05, 0.1) is 6.26 Å². The van der Waals surface area contributed by atoms with Crippen molar-refractivity contribution in [2.24, 2.45) is 0 Å². The molecule has 18 heavy (non-hydrogen) atoms. The summed E-state index contributed by atoms with van der Waals surface area (Å²) < 4.78 is 11.0. The zero-order valence-electron chi connectivity index (χ0n) is 9.66. The summed E-state index contributed by atoms with van der Waals surface area (Å²) in [4.78, 5) is 0. The van der Waals surface area contributed by atoms with Crippen LogP contribution in [0.15, 0.2) is 57.4 Å². The van der Waals surface area contributed by atoms with E-state index in [1.807, 2.05) is 24.3 Å². The fourth-order valence-electron chi connectivity index (χ4n) is 2.34. The van der Waals surface area contributed by atoms with E-state index in [0.29, 0.717) is 0 Å². The molecule has 94 valence electrons. The summed E-state index contributed by atoms with van der Waals surface area (Å²) in [7, 11) is 0. The van der Waals surface area contributed by atoms with Gasteiger partial charge in [0.15, 0.2) is 6.79 Å². The molecule has 1 unspecified atom stereocenters. The van der Waals surface area contributed by atoms with Crippen LogP contribution < -0.4 is 0 Å². The summed E-state index contributed by atoms with van der Waals surface area (Å²) >= 11 is 12.2. The molecule has 0 aromatic carbocycles. The van der Waals surface area contributed by atoms with Crippen LogP contribution in [0.2, 0.25) is 0 Å². The van der Waals surface area contributed by atoms with Crippen LogP contribution in [0.4, 0.5) is 0 Å². The van der Waals surface area contributed by atoms with E-state index in [0.717, 1.165) is 34.1 Å². The number of rotatable bonds is 0. The molecular formula is C14H12Cl2O2. The molecule has 3 rings (SSSR count). The first-order valence-corrected chi connectivity index (χ1v) is 6.58. The Morgan fingerprint density at radius 1 is 1.17 bits per heavy atom. The molecule has 4 heteroatoms. The average molecular weight is 283 g/mol. The Labute approximate surface area is 116 Å². The topological polar surface area (TPSA) is 18.5 Å². The lowest BCUT2D eigenvalue weighted by molar-refractivity contribution is -0.0281. The largest absolute Gasteiger partial charge is 0.474 e. The minimum atomic E-state index is -0.0866. The van der Waals surface area contributed by atoms with Crippen LogP contribution in [0.1, 0.15) is 12.8 Å². The van der Waals surface area contributed by atoms with Crippen LogP contribution in [0.25, 0.3) is 0 Å². The van der Waals surface area contributed by atoms with Gasteiger partial charge in [-0.05, 0) is 48.3 Å². The van der Waals surface area contributed by atoms with Gasteiger partial charge in [0, 0.05) is 15.6 Å². The first kappa shape index (κ1) is 12.1. The minimum absolute atomic E-state index is 0.0866. The van der Waals surface area contributed by atoms with Crippen molar-refractivity contribution in [3.8, 4) is 0 Å². The summed E-state index contributed by atoms with van der Waals surface area (Å²) in [6.45, 7) is 0.228. The predicted octanol–water partition coefficient (Wildman–Crippen LogP) is 4.15. The molecule has 3 aliphatic rings. The molecule has 1 atom stereocenters. The smallest absolute Gasteiger partial charge is 0.189 e. The van der Waals surface area contributed by atoms with Crippen molar-refractivity contribution < 1.29 is 9.47 Å². The predicted molar refractivity (Wildman–Crippen MR) is 72.2 cm³/mol. The van der Waals surface area contributed by atoms with E-state index in [9.17, 15) is 0 Å². The molecular weight excluding hydrogens is 271 g/mol. The Morgan fingerprint density at radius 2 is 2.06 bits per heavy atom. The van der Waals surface area contributed by atoms with Crippen molar-refractivity contribution in [3.63, 3.8) is 0 Å². The van der Waals surface area contributed by atoms with Crippen molar-refractivity contribution in [1.29, 1.82) is 0 Å². The highest BCUT2D eigenvalue weighted by Crippen LogP contribution is 2.36. The van der Waals surface area contributed by atoms with E-state index in [-0.39, 0.29) is 12.9 Å². The third-order valence-electron chi connectivity index (χ3n) is 3.18. The first-order chi connectivity index (χ1) is 8.74. The maximum Gasteiger partial charge on any atom is 0.189 e. The second-order valence-corrected chi connectivity index (χ2v) is 5.28. The van der Waals surface area contributed by atoms with Crippen LogP contribution in [0.3, 0.4) is 0 Å². The number of fused-ring (bicyclic) bond motifs is 2. The van der Waals surface area contributed by atoms with Crippen molar-refractivity contribution >= 4 is 23.2 Å². The molecule has 0 N–H and O–H groups in total. The molecule has 1 aliphatic heterocycles. The lowest BCUT2D eigenvalue weighted by Crippen LogP contribution is -2.20. The van der Waals surface area contributed by atoms with Crippen molar-refractivity contribution in [2.75, 3.05) is 6.79 Å². The first-order valence-electron chi connectivity index (χ1n) is 5.82. The van der Waals surface area contributed by atoms with Crippen molar-refractivity contribution in [1.82, 2.24) is 0 Å². The minimum Gasteiger partial charge on any atom is -0.474 e. The highest BCUT2D eigenvalue weighted by molar-refractivity contribution is 6.31. The third kappa shape index (κ3) is 2.28. The maximum absolute atomic E-state index is 6.09. The lowest BCUT2D eigenvalue weighted by Gasteiger charge is -2.27. The molecule has 2 nitrogen and oxygen atoms in total. The van der Waals surface area contributed by atoms with E-state index < -0.39 is 0 Å². The number of ether oxygens (including phenoxy) is 2. The summed E-state index contributed by atoms with van der Waals surface area (Å²) in [5, 5.41) is 1.58. The second-order valence-electron chi connectivity index (χ2n) is 4.36. The third-order valence-corrected chi connectivity index (χ3v) is 3.71. The lowest BCUT2D eigenvalue weighted by atomic mass is 9.87. The average Bonchev–Trinajstić information content (AvgIpc) is 2.34. The SMILES string of the molecule is ClC1=C/C2=C3\CCC(Cl)=CC3=COCOC2C=C1. The van der Waals surface area contributed by atoms with E-state index >= 15 is 0 Å². The second kappa shape index (κ2) is 4.96. The van der Waals surface area contributed by atoms with Crippen LogP contribution in [0.5, 0.6) is 0 Å². The standard InChI is InChI=1S/C14H12Cl2O2/c15-10-1-3-12-9(5-10)7-17-8-18-14-4-2-11(16)6-13(12)14/h2,4-7,14H,1,3,8H2/b9-7?,13-12-. The van der Waals surface area contributed by atoms with Gasteiger partial charge < -0.3 is 9.47 Å². The Bertz CT molecular complexity index is 524. The highest BCUT2D eigenvalue weighted by Gasteiger charge is 2.24. The molecule has 0 aromatic heterocycles. The van der Waals surface area contributed by atoms with Gasteiger partial charge in [0.1, 0.15) is 6.10 Å². The van der Waals surface area contributed by atoms with Gasteiger partial charge in [-0.25, -0.2) is 0 Å². The highest BCUT2D eigenvalue weighted by atomic mass is 35.5. The summed E-state index contributed by atoms with van der Waals surface area (Å²) in [5.74, 6) is 0. The van der Waals surface area contributed by atoms with Crippen LogP contribution >= 0.6 is 23.2 Å². The summed E-state index contributed by atoms with van der Waals surface area (Å²) in [6, 6.07) is 0. The van der Waals surface area contributed by atoms with Gasteiger partial charge in [0.25, 0.3) is 0 Å². The van der Waals surface area contributed by atoms with Gasteiger partial charge >= 0.3 is 0 Å². The molecule has 1 heterocycles. The molecule has 0 saturated heterocycles. The monoisotopic (exact) mass is 282 g/mol. The summed E-state index contributed by atoms with van der Waals surface area (Å²) in [6.07, 6.45) is 11.1. The Hall–Kier alpha value is -0.960. The molecule has 2 aliphatic carbocycles. The molecule has 0 spiro atoms. The normalized spacial score (nSPS) is 31.0. The van der Waals surface area contributed by atoms with Crippen molar-refractivity contribution in [2.45, 2.75) is 18.9 Å². The Morgan fingerprint density at radius 3 is 2.94 bits per heavy atom. The van der Waals surface area contributed by atoms with Crippen LogP contribution in [0, 0.1) is 0 Å². The Kier molecular flexibility index (Phi) is 3.33. The fourth-order valence-corrected chi connectivity index (χ4v) is 2.74. The molecule has 0 radical (unpaired) electrons. The molecule has 0 saturated carbocycles. The number of allylic oxidation sites excluding steroid dienone is 6. The van der Waals surface area contributed by atoms with Crippen LogP contribution in [-0.4, -0.2) is 12.9 Å². The molecule has 0 bridgehead atoms. The number of halogens is 2. The van der Waals surface area contributed by atoms with E-state index in [4.69, 9.17) is 32.7 Å². The van der Waals surface area contributed by atoms with E-state index in [1.165, 1.54) is 5.57 Å². The van der Waals surface area contributed by atoms with E-state index in [1.54, 1.807) is 6.26 Å². The van der Waals surface area contributed by atoms with Gasteiger partial charge in [-0.2, -0.15) is 0 Å². The van der Waals surface area contributed by atoms with Gasteiger partial charge in [0.2, 0.25) is 0 Å².